The number of esters is 1. The molecule has 1 heterocycles. The molecule has 1 aliphatic heterocycles. The summed E-state index contributed by atoms with van der Waals surface area (Å²) in [5, 5.41) is 10.5. The predicted octanol–water partition coefficient (Wildman–Crippen LogP) is 3.74. The van der Waals surface area contributed by atoms with E-state index in [1.165, 1.54) is 5.57 Å². The van der Waals surface area contributed by atoms with Gasteiger partial charge in [-0.25, -0.2) is 4.79 Å². The quantitative estimate of drug-likeness (QED) is 0.496. The first-order valence-corrected chi connectivity index (χ1v) is 8.46. The highest BCUT2D eigenvalue weighted by molar-refractivity contribution is 7.96. The van der Waals surface area contributed by atoms with Crippen LogP contribution in [0.2, 0.25) is 0 Å². The first-order valence-electron chi connectivity index (χ1n) is 8.01. The summed E-state index contributed by atoms with van der Waals surface area (Å²) in [5.74, 6) is -0.495. The Hall–Kier alpha value is -2.01. The highest BCUT2D eigenvalue weighted by atomic mass is 32.1. The molecule has 1 aliphatic carbocycles. The van der Waals surface area contributed by atoms with E-state index >= 15 is 0 Å². The van der Waals surface area contributed by atoms with Gasteiger partial charge >= 0.3 is 5.97 Å². The minimum absolute atomic E-state index is 0.00957. The number of thiol groups is 1. The van der Waals surface area contributed by atoms with Gasteiger partial charge in [-0.15, -0.1) is 12.6 Å². The van der Waals surface area contributed by atoms with Gasteiger partial charge in [-0.05, 0) is 43.7 Å². The zero-order valence-corrected chi connectivity index (χ0v) is 14.5. The lowest BCUT2D eigenvalue weighted by atomic mass is 9.90. The van der Waals surface area contributed by atoms with Gasteiger partial charge in [0, 0.05) is 17.0 Å². The summed E-state index contributed by atoms with van der Waals surface area (Å²) < 4.78 is 5.06. The van der Waals surface area contributed by atoms with Crippen LogP contribution in [0.3, 0.4) is 0 Å². The third-order valence-corrected chi connectivity index (χ3v) is 5.39. The molecular formula is C19H20O4S. The molecule has 1 fully saturated rings. The van der Waals surface area contributed by atoms with Crippen LogP contribution in [0.1, 0.15) is 51.9 Å². The van der Waals surface area contributed by atoms with Crippen LogP contribution in [-0.2, 0) is 22.6 Å². The highest BCUT2D eigenvalue weighted by Crippen LogP contribution is 2.39. The Labute approximate surface area is 146 Å². The van der Waals surface area contributed by atoms with Crippen molar-refractivity contribution in [1.82, 2.24) is 0 Å². The fourth-order valence-electron chi connectivity index (χ4n) is 3.61. The maximum Gasteiger partial charge on any atom is 0.342 e. The first-order chi connectivity index (χ1) is 11.4. The average molecular weight is 344 g/mol. The Bertz CT molecular complexity index is 776. The lowest BCUT2D eigenvalue weighted by molar-refractivity contribution is -0.113. The molecule has 3 rings (SSSR count). The number of carbonyl (C=O) groups excluding carboxylic acids is 2. The van der Waals surface area contributed by atoms with Crippen molar-refractivity contribution in [2.24, 2.45) is 5.92 Å². The zero-order valence-electron chi connectivity index (χ0n) is 13.6. The van der Waals surface area contributed by atoms with Gasteiger partial charge in [-0.3, -0.25) is 4.79 Å². The molecule has 0 radical (unpaired) electrons. The molecule has 0 amide bonds. The number of allylic oxidation sites excluding steroid dienone is 2. The summed E-state index contributed by atoms with van der Waals surface area (Å²) in [6.07, 6.45) is 6.67. The van der Waals surface area contributed by atoms with E-state index in [0.717, 1.165) is 36.0 Å². The highest BCUT2D eigenvalue weighted by Gasteiger charge is 2.31. The monoisotopic (exact) mass is 344 g/mol. The number of rotatable bonds is 4. The number of cyclic esters (lactones) is 1. The maximum absolute atomic E-state index is 11.9. The predicted molar refractivity (Wildman–Crippen MR) is 95.2 cm³/mol. The molecular weight excluding hydrogens is 324 g/mol. The van der Waals surface area contributed by atoms with Gasteiger partial charge in [0.2, 0.25) is 0 Å². The molecule has 0 bridgehead atoms. The van der Waals surface area contributed by atoms with Crippen LogP contribution in [0.5, 0.6) is 5.75 Å². The topological polar surface area (TPSA) is 63.6 Å². The van der Waals surface area contributed by atoms with Crippen molar-refractivity contribution in [3.63, 3.8) is 0 Å². The molecule has 1 aromatic rings. The van der Waals surface area contributed by atoms with Gasteiger partial charge in [0.1, 0.15) is 17.9 Å². The van der Waals surface area contributed by atoms with Crippen molar-refractivity contribution in [2.75, 3.05) is 0 Å². The Morgan fingerprint density at radius 1 is 1.50 bits per heavy atom. The SMILES string of the molecule is C=Cc1c(C)c2c(c(O)c1C/C=C1\CCC(C(=O)S)C1)C(=O)OC2. The number of carbonyl (C=O) groups is 2. The molecule has 1 atom stereocenters. The smallest absolute Gasteiger partial charge is 0.342 e. The number of hydrogen-bond acceptors (Lipinski definition) is 4. The summed E-state index contributed by atoms with van der Waals surface area (Å²) in [4.78, 5) is 23.3. The lowest BCUT2D eigenvalue weighted by Gasteiger charge is -2.14. The van der Waals surface area contributed by atoms with Crippen molar-refractivity contribution in [1.29, 1.82) is 0 Å². The van der Waals surface area contributed by atoms with Crippen molar-refractivity contribution < 1.29 is 19.4 Å². The first kappa shape index (κ1) is 16.8. The minimum atomic E-state index is -0.475. The summed E-state index contributed by atoms with van der Waals surface area (Å²) in [6, 6.07) is 0. The fraction of sp³-hybridized carbons (Fsp3) is 0.368. The maximum atomic E-state index is 11.9. The number of aromatic hydroxyl groups is 1. The molecule has 1 unspecified atom stereocenters. The number of phenolic OH excluding ortho intramolecular Hbond substituents is 1. The van der Waals surface area contributed by atoms with Crippen LogP contribution in [0.25, 0.3) is 6.08 Å². The van der Waals surface area contributed by atoms with E-state index < -0.39 is 5.97 Å². The molecule has 5 heteroatoms. The number of benzene rings is 1. The number of ether oxygens (including phenoxy) is 1. The zero-order chi connectivity index (χ0) is 17.4. The van der Waals surface area contributed by atoms with E-state index in [9.17, 15) is 14.7 Å². The van der Waals surface area contributed by atoms with Crippen LogP contribution in [-0.4, -0.2) is 16.2 Å². The molecule has 0 aromatic heterocycles. The van der Waals surface area contributed by atoms with Gasteiger partial charge in [-0.1, -0.05) is 24.3 Å². The summed E-state index contributed by atoms with van der Waals surface area (Å²) in [6.45, 7) is 5.95. The molecule has 0 spiro atoms. The number of fused-ring (bicyclic) bond motifs is 1. The van der Waals surface area contributed by atoms with Gasteiger partial charge in [-0.2, -0.15) is 0 Å². The molecule has 126 valence electrons. The van der Waals surface area contributed by atoms with Gasteiger partial charge in [0.05, 0.1) is 0 Å². The number of phenols is 1. The normalized spacial score (nSPS) is 21.0. The Kier molecular flexibility index (Phi) is 4.54. The molecule has 1 aromatic carbocycles. The van der Waals surface area contributed by atoms with E-state index in [0.29, 0.717) is 12.0 Å². The molecule has 1 N–H and O–H groups in total. The van der Waals surface area contributed by atoms with Crippen molar-refractivity contribution >= 4 is 29.8 Å². The van der Waals surface area contributed by atoms with Crippen LogP contribution in [0.15, 0.2) is 18.2 Å². The van der Waals surface area contributed by atoms with Crippen LogP contribution in [0.4, 0.5) is 0 Å². The average Bonchev–Trinajstić information content (AvgIpc) is 3.16. The molecule has 4 nitrogen and oxygen atoms in total. The molecule has 24 heavy (non-hydrogen) atoms. The van der Waals surface area contributed by atoms with Crippen molar-refractivity contribution in [2.45, 2.75) is 39.2 Å². The van der Waals surface area contributed by atoms with E-state index in [2.05, 4.69) is 19.2 Å². The van der Waals surface area contributed by atoms with Crippen molar-refractivity contribution in [3.05, 3.63) is 46.0 Å². The summed E-state index contributed by atoms with van der Waals surface area (Å²) in [7, 11) is 0. The third-order valence-electron chi connectivity index (χ3n) is 5.03. The molecule has 2 aliphatic rings. The largest absolute Gasteiger partial charge is 0.507 e. The standard InChI is InChI=1S/C19H20O4S/c1-3-13-10(2)15-9-23-18(21)16(15)17(20)14(13)7-5-11-4-6-12(8-11)19(22)24/h3,5,12,20H,1,4,6-9H2,2H3,(H,22,24)/b11-5+. The van der Waals surface area contributed by atoms with E-state index in [4.69, 9.17) is 4.74 Å². The van der Waals surface area contributed by atoms with E-state index in [-0.39, 0.29) is 29.0 Å². The Morgan fingerprint density at radius 2 is 2.25 bits per heavy atom. The van der Waals surface area contributed by atoms with Crippen LogP contribution < -0.4 is 0 Å². The Morgan fingerprint density at radius 3 is 2.88 bits per heavy atom. The second kappa shape index (κ2) is 6.48. The molecule has 0 saturated heterocycles. The summed E-state index contributed by atoms with van der Waals surface area (Å²) in [5.41, 5.74) is 4.67. The second-order valence-corrected chi connectivity index (χ2v) is 6.78. The van der Waals surface area contributed by atoms with E-state index in [1.807, 2.05) is 13.0 Å². The lowest BCUT2D eigenvalue weighted by Crippen LogP contribution is -2.03. The molecule has 1 saturated carbocycles. The third kappa shape index (κ3) is 2.77. The summed E-state index contributed by atoms with van der Waals surface area (Å²) >= 11 is 3.92. The number of hydrogen-bond donors (Lipinski definition) is 2. The fourth-order valence-corrected chi connectivity index (χ4v) is 3.83. The van der Waals surface area contributed by atoms with Crippen molar-refractivity contribution in [3.8, 4) is 5.75 Å². The van der Waals surface area contributed by atoms with Gasteiger partial charge < -0.3 is 9.84 Å². The Balaban J connectivity index is 1.96. The minimum Gasteiger partial charge on any atom is -0.507 e. The van der Waals surface area contributed by atoms with Gasteiger partial charge in [0.25, 0.3) is 0 Å². The second-order valence-electron chi connectivity index (χ2n) is 6.34. The van der Waals surface area contributed by atoms with E-state index in [1.54, 1.807) is 6.08 Å². The van der Waals surface area contributed by atoms with Gasteiger partial charge in [0.15, 0.2) is 5.12 Å². The van der Waals surface area contributed by atoms with Crippen LogP contribution in [0, 0.1) is 12.8 Å². The van der Waals surface area contributed by atoms with Crippen LogP contribution >= 0.6 is 12.6 Å².